The maximum atomic E-state index is 11.8. The maximum absolute atomic E-state index is 11.8. The fraction of sp³-hybridized carbons (Fsp3) is 0.125. The standard InChI is InChI=1S/C8H6ClN3OS/c1-12-7(5(9)2-11-12)8(13)6-3-10-4-14-6/h2-4H,1H3. The molecule has 2 aromatic heterocycles. The number of thiazole rings is 1. The van der Waals surface area contributed by atoms with Crippen molar-refractivity contribution in [2.24, 2.45) is 7.05 Å². The number of hydrogen-bond acceptors (Lipinski definition) is 4. The molecule has 2 heterocycles. The molecule has 6 heteroatoms. The molecule has 0 amide bonds. The van der Waals surface area contributed by atoms with Gasteiger partial charge < -0.3 is 0 Å². The van der Waals surface area contributed by atoms with Gasteiger partial charge in [-0.25, -0.2) is 0 Å². The molecule has 0 aromatic carbocycles. The van der Waals surface area contributed by atoms with Crippen LogP contribution in [0.1, 0.15) is 15.4 Å². The number of hydrogen-bond donors (Lipinski definition) is 0. The summed E-state index contributed by atoms with van der Waals surface area (Å²) in [4.78, 5) is 16.2. The topological polar surface area (TPSA) is 47.8 Å². The zero-order valence-corrected chi connectivity index (χ0v) is 8.84. The number of carbonyl (C=O) groups is 1. The van der Waals surface area contributed by atoms with Crippen LogP contribution in [-0.4, -0.2) is 20.5 Å². The second-order valence-electron chi connectivity index (χ2n) is 2.66. The van der Waals surface area contributed by atoms with E-state index in [-0.39, 0.29) is 5.78 Å². The summed E-state index contributed by atoms with van der Waals surface area (Å²) < 4.78 is 1.46. The Morgan fingerprint density at radius 2 is 2.36 bits per heavy atom. The molecular weight excluding hydrogens is 222 g/mol. The lowest BCUT2D eigenvalue weighted by Crippen LogP contribution is -2.07. The average molecular weight is 228 g/mol. The van der Waals surface area contributed by atoms with Crippen molar-refractivity contribution in [2.75, 3.05) is 0 Å². The van der Waals surface area contributed by atoms with Crippen LogP contribution < -0.4 is 0 Å². The molecule has 0 atom stereocenters. The van der Waals surface area contributed by atoms with Gasteiger partial charge in [-0.3, -0.25) is 14.5 Å². The number of halogens is 1. The molecule has 0 aliphatic rings. The first kappa shape index (κ1) is 9.36. The lowest BCUT2D eigenvalue weighted by atomic mass is 10.2. The number of carbonyl (C=O) groups excluding carboxylic acids is 1. The van der Waals surface area contributed by atoms with Crippen molar-refractivity contribution in [3.05, 3.63) is 33.5 Å². The number of rotatable bonds is 2. The van der Waals surface area contributed by atoms with E-state index in [1.165, 1.54) is 28.4 Å². The SMILES string of the molecule is Cn1ncc(Cl)c1C(=O)c1cncs1. The van der Waals surface area contributed by atoms with Crippen molar-refractivity contribution in [2.45, 2.75) is 0 Å². The summed E-state index contributed by atoms with van der Waals surface area (Å²) in [7, 11) is 1.68. The van der Waals surface area contributed by atoms with Crippen LogP contribution in [0.3, 0.4) is 0 Å². The van der Waals surface area contributed by atoms with Crippen molar-refractivity contribution < 1.29 is 4.79 Å². The predicted octanol–water partition coefficient (Wildman–Crippen LogP) is 1.76. The van der Waals surface area contributed by atoms with Crippen molar-refractivity contribution in [3.63, 3.8) is 0 Å². The Hall–Kier alpha value is -1.20. The van der Waals surface area contributed by atoms with E-state index in [0.29, 0.717) is 15.6 Å². The summed E-state index contributed by atoms with van der Waals surface area (Å²) >= 11 is 7.12. The van der Waals surface area contributed by atoms with E-state index in [9.17, 15) is 4.79 Å². The molecule has 0 N–H and O–H groups in total. The van der Waals surface area contributed by atoms with Gasteiger partial charge in [0, 0.05) is 13.2 Å². The van der Waals surface area contributed by atoms with E-state index in [0.717, 1.165) is 0 Å². The predicted molar refractivity (Wildman–Crippen MR) is 53.8 cm³/mol. The summed E-state index contributed by atoms with van der Waals surface area (Å²) in [5.74, 6) is -0.141. The zero-order chi connectivity index (χ0) is 10.1. The highest BCUT2D eigenvalue weighted by atomic mass is 35.5. The van der Waals surface area contributed by atoms with Crippen molar-refractivity contribution in [1.29, 1.82) is 0 Å². The van der Waals surface area contributed by atoms with E-state index in [4.69, 9.17) is 11.6 Å². The minimum absolute atomic E-state index is 0.141. The van der Waals surface area contributed by atoms with E-state index < -0.39 is 0 Å². The largest absolute Gasteiger partial charge is 0.286 e. The molecular formula is C8H6ClN3OS. The van der Waals surface area contributed by atoms with Crippen LogP contribution in [-0.2, 0) is 7.05 Å². The number of aromatic nitrogens is 3. The van der Waals surface area contributed by atoms with Gasteiger partial charge in [-0.15, -0.1) is 11.3 Å². The van der Waals surface area contributed by atoms with E-state index >= 15 is 0 Å². The molecule has 0 saturated heterocycles. The summed E-state index contributed by atoms with van der Waals surface area (Å²) in [6, 6.07) is 0. The number of aryl methyl sites for hydroxylation is 1. The monoisotopic (exact) mass is 227 g/mol. The Balaban J connectivity index is 2.46. The summed E-state index contributed by atoms with van der Waals surface area (Å²) in [5.41, 5.74) is 2.01. The second kappa shape index (κ2) is 3.51. The first-order valence-electron chi connectivity index (χ1n) is 3.81. The molecule has 72 valence electrons. The molecule has 0 radical (unpaired) electrons. The Bertz CT molecular complexity index is 443. The Kier molecular flexibility index (Phi) is 2.35. The van der Waals surface area contributed by atoms with E-state index in [1.807, 2.05) is 0 Å². The van der Waals surface area contributed by atoms with Crippen LogP contribution in [0.2, 0.25) is 5.02 Å². The van der Waals surface area contributed by atoms with Gasteiger partial charge in [0.15, 0.2) is 0 Å². The third kappa shape index (κ3) is 1.44. The second-order valence-corrected chi connectivity index (χ2v) is 3.95. The van der Waals surface area contributed by atoms with Crippen LogP contribution in [0.5, 0.6) is 0 Å². The fourth-order valence-corrected chi connectivity index (χ4v) is 1.92. The van der Waals surface area contributed by atoms with E-state index in [1.54, 1.807) is 12.6 Å². The molecule has 14 heavy (non-hydrogen) atoms. The van der Waals surface area contributed by atoms with Gasteiger partial charge in [-0.05, 0) is 0 Å². The van der Waals surface area contributed by atoms with Crippen LogP contribution in [0.4, 0.5) is 0 Å². The van der Waals surface area contributed by atoms with Gasteiger partial charge in [0.05, 0.1) is 21.6 Å². The van der Waals surface area contributed by atoms with Crippen LogP contribution in [0.25, 0.3) is 0 Å². The molecule has 0 fully saturated rings. The first-order valence-corrected chi connectivity index (χ1v) is 5.06. The normalized spacial score (nSPS) is 10.4. The average Bonchev–Trinajstić information content (AvgIpc) is 2.75. The minimum Gasteiger partial charge on any atom is -0.286 e. The van der Waals surface area contributed by atoms with Gasteiger partial charge >= 0.3 is 0 Å². The molecule has 0 aliphatic carbocycles. The van der Waals surface area contributed by atoms with Crippen LogP contribution in [0, 0.1) is 0 Å². The lowest BCUT2D eigenvalue weighted by Gasteiger charge is -1.98. The minimum atomic E-state index is -0.141. The van der Waals surface area contributed by atoms with Crippen LogP contribution >= 0.6 is 22.9 Å². The number of nitrogens with zero attached hydrogens (tertiary/aromatic N) is 3. The first-order chi connectivity index (χ1) is 6.70. The van der Waals surface area contributed by atoms with Gasteiger partial charge in [0.25, 0.3) is 0 Å². The molecule has 4 nitrogen and oxygen atoms in total. The molecule has 0 aliphatic heterocycles. The molecule has 2 rings (SSSR count). The Morgan fingerprint density at radius 1 is 1.57 bits per heavy atom. The van der Waals surface area contributed by atoms with Gasteiger partial charge in [-0.1, -0.05) is 11.6 Å². The van der Waals surface area contributed by atoms with E-state index in [2.05, 4.69) is 10.1 Å². The third-order valence-corrected chi connectivity index (χ3v) is 2.81. The molecule has 0 bridgehead atoms. The zero-order valence-electron chi connectivity index (χ0n) is 7.27. The third-order valence-electron chi connectivity index (χ3n) is 1.77. The quantitative estimate of drug-likeness (QED) is 0.735. The lowest BCUT2D eigenvalue weighted by molar-refractivity contribution is 0.103. The number of ketones is 1. The highest BCUT2D eigenvalue weighted by Gasteiger charge is 2.18. The van der Waals surface area contributed by atoms with Gasteiger partial charge in [0.1, 0.15) is 5.69 Å². The molecule has 0 unspecified atom stereocenters. The van der Waals surface area contributed by atoms with Crippen molar-refractivity contribution >= 4 is 28.7 Å². The maximum Gasteiger partial charge on any atom is 0.224 e. The summed E-state index contributed by atoms with van der Waals surface area (Å²) in [6.07, 6.45) is 2.98. The summed E-state index contributed by atoms with van der Waals surface area (Å²) in [5, 5.41) is 4.26. The van der Waals surface area contributed by atoms with Gasteiger partial charge in [0.2, 0.25) is 5.78 Å². The van der Waals surface area contributed by atoms with Crippen LogP contribution in [0.15, 0.2) is 17.9 Å². The molecule has 0 spiro atoms. The Morgan fingerprint density at radius 3 is 2.86 bits per heavy atom. The highest BCUT2D eigenvalue weighted by molar-refractivity contribution is 7.11. The summed E-state index contributed by atoms with van der Waals surface area (Å²) in [6.45, 7) is 0. The highest BCUT2D eigenvalue weighted by Crippen LogP contribution is 2.19. The van der Waals surface area contributed by atoms with Crippen molar-refractivity contribution in [3.8, 4) is 0 Å². The fourth-order valence-electron chi connectivity index (χ4n) is 1.11. The molecule has 2 aromatic rings. The molecule has 0 saturated carbocycles. The smallest absolute Gasteiger partial charge is 0.224 e. The van der Waals surface area contributed by atoms with Crippen molar-refractivity contribution in [1.82, 2.24) is 14.8 Å². The Labute approximate surface area is 89.2 Å². The van der Waals surface area contributed by atoms with Gasteiger partial charge in [-0.2, -0.15) is 5.10 Å².